The molecule has 1 aromatic carbocycles. The van der Waals surface area contributed by atoms with E-state index in [1.165, 1.54) is 14.2 Å². The van der Waals surface area contributed by atoms with Gasteiger partial charge in [-0.25, -0.2) is 4.79 Å². The SMILES string of the molecule is CCOC(=O)C1=C(CC)OC(N)=C(C#N)C1c1cccc(OC)c1OC. The molecule has 1 aliphatic rings. The molecule has 1 aliphatic heterocycles. The summed E-state index contributed by atoms with van der Waals surface area (Å²) < 4.78 is 21.6. The Morgan fingerprint density at radius 1 is 1.31 bits per heavy atom. The van der Waals surface area contributed by atoms with Crippen LogP contribution in [-0.4, -0.2) is 26.8 Å². The third-order valence-electron chi connectivity index (χ3n) is 4.06. The Balaban J connectivity index is 2.78. The van der Waals surface area contributed by atoms with E-state index in [-0.39, 0.29) is 23.6 Å². The van der Waals surface area contributed by atoms with Crippen LogP contribution in [0.25, 0.3) is 0 Å². The minimum absolute atomic E-state index is 0.0349. The molecule has 7 nitrogen and oxygen atoms in total. The topological polar surface area (TPSA) is 104 Å². The molecule has 0 fully saturated rings. The van der Waals surface area contributed by atoms with Crippen molar-refractivity contribution in [3.8, 4) is 17.6 Å². The Morgan fingerprint density at radius 2 is 2.04 bits per heavy atom. The second kappa shape index (κ2) is 8.30. The minimum atomic E-state index is -0.771. The van der Waals surface area contributed by atoms with Gasteiger partial charge in [0.2, 0.25) is 5.88 Å². The van der Waals surface area contributed by atoms with E-state index in [1.807, 2.05) is 6.92 Å². The van der Waals surface area contributed by atoms with E-state index in [1.54, 1.807) is 25.1 Å². The molecule has 1 unspecified atom stereocenters. The zero-order chi connectivity index (χ0) is 19.3. The molecule has 0 saturated carbocycles. The Bertz CT molecular complexity index is 805. The zero-order valence-corrected chi connectivity index (χ0v) is 15.3. The number of nitrogens with zero attached hydrogens (tertiary/aromatic N) is 1. The lowest BCUT2D eigenvalue weighted by Gasteiger charge is -2.29. The van der Waals surface area contributed by atoms with Crippen LogP contribution in [0.3, 0.4) is 0 Å². The van der Waals surface area contributed by atoms with E-state index in [0.717, 1.165) is 0 Å². The number of carbonyl (C=O) groups excluding carboxylic acids is 1. The van der Waals surface area contributed by atoms with Gasteiger partial charge in [0.15, 0.2) is 11.5 Å². The third kappa shape index (κ3) is 3.31. The number of para-hydroxylation sites is 1. The molecule has 0 aromatic heterocycles. The predicted octanol–water partition coefficient (Wildman–Crippen LogP) is 2.74. The average Bonchev–Trinajstić information content (AvgIpc) is 2.66. The van der Waals surface area contributed by atoms with Gasteiger partial charge in [-0.3, -0.25) is 0 Å². The Kier molecular flexibility index (Phi) is 6.12. The summed E-state index contributed by atoms with van der Waals surface area (Å²) in [4.78, 5) is 12.7. The maximum atomic E-state index is 12.7. The summed E-state index contributed by atoms with van der Waals surface area (Å²) in [5.74, 6) is -0.0947. The average molecular weight is 358 g/mol. The summed E-state index contributed by atoms with van der Waals surface area (Å²) in [7, 11) is 3.01. The van der Waals surface area contributed by atoms with Crippen LogP contribution in [0.2, 0.25) is 0 Å². The summed E-state index contributed by atoms with van der Waals surface area (Å²) in [6, 6.07) is 7.30. The summed E-state index contributed by atoms with van der Waals surface area (Å²) in [5, 5.41) is 9.66. The van der Waals surface area contributed by atoms with Crippen molar-refractivity contribution in [3.63, 3.8) is 0 Å². The number of hydrogen-bond donors (Lipinski definition) is 1. The fraction of sp³-hybridized carbons (Fsp3) is 0.368. The van der Waals surface area contributed by atoms with Gasteiger partial charge in [-0.2, -0.15) is 5.26 Å². The maximum absolute atomic E-state index is 12.7. The first-order valence-electron chi connectivity index (χ1n) is 8.22. The minimum Gasteiger partial charge on any atom is -0.493 e. The van der Waals surface area contributed by atoms with Gasteiger partial charge in [0, 0.05) is 12.0 Å². The number of nitriles is 1. The molecule has 0 spiro atoms. The van der Waals surface area contributed by atoms with Crippen molar-refractivity contribution in [1.82, 2.24) is 0 Å². The van der Waals surface area contributed by atoms with Crippen LogP contribution in [0, 0.1) is 11.3 Å². The molecule has 138 valence electrons. The number of ether oxygens (including phenoxy) is 4. The second-order valence-electron chi connectivity index (χ2n) is 5.42. The lowest BCUT2D eigenvalue weighted by Crippen LogP contribution is -2.26. The number of esters is 1. The van der Waals surface area contributed by atoms with Crippen LogP contribution >= 0.6 is 0 Å². The number of carbonyl (C=O) groups is 1. The monoisotopic (exact) mass is 358 g/mol. The first kappa shape index (κ1) is 19.2. The van der Waals surface area contributed by atoms with Crippen LogP contribution in [-0.2, 0) is 14.3 Å². The van der Waals surface area contributed by atoms with Crippen LogP contribution < -0.4 is 15.2 Å². The van der Waals surface area contributed by atoms with Gasteiger partial charge in [-0.05, 0) is 13.0 Å². The highest BCUT2D eigenvalue weighted by Crippen LogP contribution is 2.46. The molecule has 0 aliphatic carbocycles. The van der Waals surface area contributed by atoms with Crippen LogP contribution in [0.5, 0.6) is 11.5 Å². The molecule has 0 bridgehead atoms. The van der Waals surface area contributed by atoms with Gasteiger partial charge in [-0.15, -0.1) is 0 Å². The molecular formula is C19H22N2O5. The van der Waals surface area contributed by atoms with Gasteiger partial charge in [0.25, 0.3) is 0 Å². The standard InChI is InChI=1S/C19H22N2O5/c1-5-13-16(19(22)25-6-2)15(12(10-20)18(21)26-13)11-8-7-9-14(23-3)17(11)24-4/h7-9,15H,5-6,21H2,1-4H3. The smallest absolute Gasteiger partial charge is 0.338 e. The summed E-state index contributed by atoms with van der Waals surface area (Å²) in [6.45, 7) is 3.74. The highest BCUT2D eigenvalue weighted by Gasteiger charge is 2.39. The molecule has 1 aromatic rings. The Morgan fingerprint density at radius 3 is 2.58 bits per heavy atom. The van der Waals surface area contributed by atoms with Crippen molar-refractivity contribution >= 4 is 5.97 Å². The summed E-state index contributed by atoms with van der Waals surface area (Å²) >= 11 is 0. The van der Waals surface area contributed by atoms with Gasteiger partial charge in [0.1, 0.15) is 17.4 Å². The molecule has 0 amide bonds. The first-order chi connectivity index (χ1) is 12.5. The zero-order valence-electron chi connectivity index (χ0n) is 15.3. The van der Waals surface area contributed by atoms with E-state index < -0.39 is 11.9 Å². The molecule has 2 N–H and O–H groups in total. The molecule has 0 saturated heterocycles. The number of nitrogens with two attached hydrogens (primary N) is 1. The van der Waals surface area contributed by atoms with Gasteiger partial charge >= 0.3 is 5.97 Å². The van der Waals surface area contributed by atoms with E-state index in [4.69, 9.17) is 24.7 Å². The fourth-order valence-electron chi connectivity index (χ4n) is 2.96. The molecule has 2 rings (SSSR count). The number of allylic oxidation sites excluding steroid dienone is 2. The van der Waals surface area contributed by atoms with Crippen LogP contribution in [0.15, 0.2) is 41.0 Å². The predicted molar refractivity (Wildman–Crippen MR) is 94.1 cm³/mol. The number of methoxy groups -OCH3 is 2. The molecule has 7 heteroatoms. The van der Waals surface area contributed by atoms with Gasteiger partial charge < -0.3 is 24.7 Å². The lowest BCUT2D eigenvalue weighted by atomic mass is 9.82. The van der Waals surface area contributed by atoms with Crippen molar-refractivity contribution in [2.45, 2.75) is 26.2 Å². The van der Waals surface area contributed by atoms with E-state index in [2.05, 4.69) is 6.07 Å². The van der Waals surface area contributed by atoms with Crippen molar-refractivity contribution in [3.05, 3.63) is 46.6 Å². The van der Waals surface area contributed by atoms with E-state index in [9.17, 15) is 10.1 Å². The highest BCUT2D eigenvalue weighted by molar-refractivity contribution is 5.93. The largest absolute Gasteiger partial charge is 0.493 e. The maximum Gasteiger partial charge on any atom is 0.338 e. The van der Waals surface area contributed by atoms with Gasteiger partial charge in [-0.1, -0.05) is 19.1 Å². The van der Waals surface area contributed by atoms with E-state index >= 15 is 0 Å². The van der Waals surface area contributed by atoms with Crippen molar-refractivity contribution in [1.29, 1.82) is 5.26 Å². The van der Waals surface area contributed by atoms with Crippen molar-refractivity contribution in [2.24, 2.45) is 5.73 Å². The van der Waals surface area contributed by atoms with Crippen LogP contribution in [0.4, 0.5) is 0 Å². The quantitative estimate of drug-likeness (QED) is 0.780. The highest BCUT2D eigenvalue weighted by atomic mass is 16.5. The summed E-state index contributed by atoms with van der Waals surface area (Å²) in [5.41, 5.74) is 6.90. The Labute approximate surface area is 152 Å². The molecule has 0 radical (unpaired) electrons. The van der Waals surface area contributed by atoms with Crippen LogP contribution in [0.1, 0.15) is 31.7 Å². The van der Waals surface area contributed by atoms with Gasteiger partial charge in [0.05, 0.1) is 32.3 Å². The van der Waals surface area contributed by atoms with Crippen molar-refractivity contribution in [2.75, 3.05) is 20.8 Å². The lowest BCUT2D eigenvalue weighted by molar-refractivity contribution is -0.139. The normalized spacial score (nSPS) is 16.7. The molecule has 1 atom stereocenters. The Hall–Kier alpha value is -3.14. The van der Waals surface area contributed by atoms with Crippen molar-refractivity contribution < 1.29 is 23.7 Å². The first-order valence-corrected chi connectivity index (χ1v) is 8.22. The molecule has 1 heterocycles. The molecule has 26 heavy (non-hydrogen) atoms. The number of rotatable bonds is 6. The fourth-order valence-corrected chi connectivity index (χ4v) is 2.96. The second-order valence-corrected chi connectivity index (χ2v) is 5.42. The number of hydrogen-bond acceptors (Lipinski definition) is 7. The summed E-state index contributed by atoms with van der Waals surface area (Å²) in [6.07, 6.45) is 0.413. The molecular weight excluding hydrogens is 336 g/mol. The third-order valence-corrected chi connectivity index (χ3v) is 4.06. The van der Waals surface area contributed by atoms with E-state index in [0.29, 0.717) is 29.2 Å². The number of benzene rings is 1.